The van der Waals surface area contributed by atoms with Gasteiger partial charge in [-0.1, -0.05) is 42.7 Å². The first-order valence-corrected chi connectivity index (χ1v) is 11.0. The van der Waals surface area contributed by atoms with E-state index in [1.807, 2.05) is 0 Å². The van der Waals surface area contributed by atoms with E-state index in [-0.39, 0.29) is 42.5 Å². The van der Waals surface area contributed by atoms with Crippen LogP contribution in [-0.4, -0.2) is 56.6 Å². The summed E-state index contributed by atoms with van der Waals surface area (Å²) in [5.74, 6) is 1.14. The van der Waals surface area contributed by atoms with Crippen molar-refractivity contribution in [2.45, 2.75) is 57.6 Å². The number of benzene rings is 1. The van der Waals surface area contributed by atoms with Crippen LogP contribution < -0.4 is 10.6 Å². The quantitative estimate of drug-likeness (QED) is 0.336. The van der Waals surface area contributed by atoms with Crippen LogP contribution in [-0.2, 0) is 9.53 Å². The molecule has 0 aromatic heterocycles. The third kappa shape index (κ3) is 7.41. The van der Waals surface area contributed by atoms with Crippen molar-refractivity contribution in [2.75, 3.05) is 33.8 Å². The number of carbonyl (C=O) groups is 1. The van der Waals surface area contributed by atoms with Crippen molar-refractivity contribution < 1.29 is 9.53 Å². The Labute approximate surface area is 198 Å². The topological polar surface area (TPSA) is 66.0 Å². The Morgan fingerprint density at radius 1 is 1.13 bits per heavy atom. The number of aryl methyl sites for hydroxylation is 1. The number of ether oxygens (including phenoxy) is 1. The average molecular weight is 528 g/mol. The Morgan fingerprint density at radius 2 is 1.83 bits per heavy atom. The molecule has 0 bridgehead atoms. The van der Waals surface area contributed by atoms with Crippen molar-refractivity contribution in [1.82, 2.24) is 15.5 Å². The highest BCUT2D eigenvalue weighted by molar-refractivity contribution is 14.0. The summed E-state index contributed by atoms with van der Waals surface area (Å²) in [5, 5.41) is 7.05. The standard InChI is InChI=1S/C23H36N4O2.HI/c1-17-10-12-18(13-11-17)22-19(7-6-14-29-22)15-24-23(25-16-21(28)27(2)3)26-20-8-4-5-9-20;/h10-13,19-20,22H,4-9,14-16H2,1-3H3,(H2,24,25,26);1H. The van der Waals surface area contributed by atoms with Crippen LogP contribution in [0.25, 0.3) is 0 Å². The monoisotopic (exact) mass is 528 g/mol. The van der Waals surface area contributed by atoms with Gasteiger partial charge in [0.2, 0.25) is 5.91 Å². The van der Waals surface area contributed by atoms with Gasteiger partial charge in [0.05, 0.1) is 6.10 Å². The maximum atomic E-state index is 12.0. The normalized spacial score (nSPS) is 22.3. The molecule has 6 nitrogen and oxygen atoms in total. The number of amides is 1. The molecule has 1 aliphatic carbocycles. The van der Waals surface area contributed by atoms with Gasteiger partial charge in [-0.15, -0.1) is 24.0 Å². The van der Waals surface area contributed by atoms with Gasteiger partial charge in [-0.25, -0.2) is 4.99 Å². The zero-order chi connectivity index (χ0) is 20.6. The van der Waals surface area contributed by atoms with Crippen LogP contribution in [0.5, 0.6) is 0 Å². The van der Waals surface area contributed by atoms with Crippen molar-refractivity contribution in [3.05, 3.63) is 35.4 Å². The molecule has 7 heteroatoms. The average Bonchev–Trinajstić information content (AvgIpc) is 3.23. The Bertz CT molecular complexity index is 687. The Balaban J connectivity index is 0.00000320. The minimum atomic E-state index is 0. The first-order chi connectivity index (χ1) is 14.0. The van der Waals surface area contributed by atoms with Crippen LogP contribution in [0.1, 0.15) is 55.8 Å². The molecule has 2 fully saturated rings. The Kier molecular flexibility index (Phi) is 10.4. The van der Waals surface area contributed by atoms with E-state index in [2.05, 4.69) is 46.8 Å². The van der Waals surface area contributed by atoms with Crippen LogP contribution in [0, 0.1) is 12.8 Å². The second kappa shape index (κ2) is 12.5. The van der Waals surface area contributed by atoms with Crippen LogP contribution in [0.2, 0.25) is 0 Å². The maximum absolute atomic E-state index is 12.0. The molecule has 3 rings (SSSR count). The highest BCUT2D eigenvalue weighted by Gasteiger charge is 2.28. The van der Waals surface area contributed by atoms with Crippen LogP contribution in [0.4, 0.5) is 0 Å². The molecular weight excluding hydrogens is 491 g/mol. The molecule has 168 valence electrons. The van der Waals surface area contributed by atoms with E-state index in [1.54, 1.807) is 19.0 Å². The van der Waals surface area contributed by atoms with Gasteiger partial charge in [0.1, 0.15) is 6.54 Å². The SMILES string of the molecule is Cc1ccc(C2OCCCC2CNC(=NCC(=O)N(C)C)NC2CCCC2)cc1.I. The third-order valence-corrected chi connectivity index (χ3v) is 5.95. The molecule has 2 unspecified atom stereocenters. The lowest BCUT2D eigenvalue weighted by Gasteiger charge is -2.33. The number of aliphatic imine (C=N–C) groups is 1. The van der Waals surface area contributed by atoms with Gasteiger partial charge in [-0.3, -0.25) is 4.79 Å². The van der Waals surface area contributed by atoms with Gasteiger partial charge in [0.25, 0.3) is 0 Å². The number of guanidine groups is 1. The molecule has 1 saturated carbocycles. The summed E-state index contributed by atoms with van der Waals surface area (Å²) in [6.45, 7) is 3.87. The number of carbonyl (C=O) groups excluding carboxylic acids is 1. The maximum Gasteiger partial charge on any atom is 0.243 e. The number of nitrogens with one attached hydrogen (secondary N) is 2. The molecule has 1 saturated heterocycles. The number of hydrogen-bond acceptors (Lipinski definition) is 3. The number of halogens is 1. The fourth-order valence-corrected chi connectivity index (χ4v) is 4.11. The lowest BCUT2D eigenvalue weighted by Crippen LogP contribution is -2.45. The molecule has 0 spiro atoms. The van der Waals surface area contributed by atoms with Gasteiger partial charge in [-0.2, -0.15) is 0 Å². The van der Waals surface area contributed by atoms with Crippen LogP contribution >= 0.6 is 24.0 Å². The van der Waals surface area contributed by atoms with Gasteiger partial charge in [0.15, 0.2) is 5.96 Å². The summed E-state index contributed by atoms with van der Waals surface area (Å²) in [6, 6.07) is 9.11. The first kappa shape index (κ1) is 24.9. The zero-order valence-corrected chi connectivity index (χ0v) is 20.9. The van der Waals surface area contributed by atoms with Crippen LogP contribution in [0.15, 0.2) is 29.3 Å². The van der Waals surface area contributed by atoms with Crippen molar-refractivity contribution in [3.63, 3.8) is 0 Å². The van der Waals surface area contributed by atoms with E-state index in [1.165, 1.54) is 36.8 Å². The minimum Gasteiger partial charge on any atom is -0.373 e. The largest absolute Gasteiger partial charge is 0.373 e. The molecule has 1 aromatic carbocycles. The predicted molar refractivity (Wildman–Crippen MR) is 132 cm³/mol. The van der Waals surface area contributed by atoms with E-state index in [0.717, 1.165) is 32.0 Å². The fourth-order valence-electron chi connectivity index (χ4n) is 4.11. The van der Waals surface area contributed by atoms with Crippen molar-refractivity contribution in [1.29, 1.82) is 0 Å². The van der Waals surface area contributed by atoms with E-state index in [0.29, 0.717) is 12.0 Å². The summed E-state index contributed by atoms with van der Waals surface area (Å²) in [7, 11) is 3.53. The lowest BCUT2D eigenvalue weighted by atomic mass is 9.89. The smallest absolute Gasteiger partial charge is 0.243 e. The van der Waals surface area contributed by atoms with Crippen LogP contribution in [0.3, 0.4) is 0 Å². The van der Waals surface area contributed by atoms with Crippen molar-refractivity contribution in [2.24, 2.45) is 10.9 Å². The van der Waals surface area contributed by atoms with Crippen molar-refractivity contribution >= 4 is 35.8 Å². The molecular formula is C23H37IN4O2. The number of rotatable bonds is 6. The van der Waals surface area contributed by atoms with Gasteiger partial charge < -0.3 is 20.3 Å². The highest BCUT2D eigenvalue weighted by atomic mass is 127. The minimum absolute atomic E-state index is 0. The highest BCUT2D eigenvalue weighted by Crippen LogP contribution is 2.33. The van der Waals surface area contributed by atoms with E-state index in [4.69, 9.17) is 4.74 Å². The molecule has 1 heterocycles. The molecule has 30 heavy (non-hydrogen) atoms. The lowest BCUT2D eigenvalue weighted by molar-refractivity contribution is -0.127. The number of likely N-dealkylation sites (N-methyl/N-ethyl adjacent to an activating group) is 1. The fraction of sp³-hybridized carbons (Fsp3) is 0.652. The summed E-state index contributed by atoms with van der Waals surface area (Å²) in [6.07, 6.45) is 7.16. The van der Waals surface area contributed by atoms with Crippen molar-refractivity contribution in [3.8, 4) is 0 Å². The molecule has 0 radical (unpaired) electrons. The van der Waals surface area contributed by atoms with E-state index < -0.39 is 0 Å². The predicted octanol–water partition coefficient (Wildman–Crippen LogP) is 3.65. The Hall–Kier alpha value is -1.35. The number of hydrogen-bond donors (Lipinski definition) is 2. The summed E-state index contributed by atoms with van der Waals surface area (Å²) in [4.78, 5) is 18.1. The molecule has 2 aliphatic rings. The summed E-state index contributed by atoms with van der Waals surface area (Å²) < 4.78 is 6.15. The first-order valence-electron chi connectivity index (χ1n) is 11.0. The molecule has 2 atom stereocenters. The zero-order valence-electron chi connectivity index (χ0n) is 18.5. The van der Waals surface area contributed by atoms with Gasteiger partial charge >= 0.3 is 0 Å². The molecule has 1 aromatic rings. The van der Waals surface area contributed by atoms with Gasteiger partial charge in [-0.05, 0) is 38.2 Å². The molecule has 1 aliphatic heterocycles. The number of nitrogens with zero attached hydrogens (tertiary/aromatic N) is 2. The molecule has 1 amide bonds. The second-order valence-electron chi connectivity index (χ2n) is 8.56. The molecule has 2 N–H and O–H groups in total. The summed E-state index contributed by atoms with van der Waals surface area (Å²) >= 11 is 0. The van der Waals surface area contributed by atoms with Gasteiger partial charge in [0, 0.05) is 39.2 Å². The van der Waals surface area contributed by atoms with E-state index >= 15 is 0 Å². The third-order valence-electron chi connectivity index (χ3n) is 5.95. The second-order valence-corrected chi connectivity index (χ2v) is 8.56. The van der Waals surface area contributed by atoms with E-state index in [9.17, 15) is 4.79 Å². The Morgan fingerprint density at radius 3 is 2.50 bits per heavy atom. The summed E-state index contributed by atoms with van der Waals surface area (Å²) in [5.41, 5.74) is 2.51.